The molecule has 0 radical (unpaired) electrons. The molecular formula is C28H28F4N2O2. The van der Waals surface area contributed by atoms with Crippen LogP contribution in [0.4, 0.5) is 17.6 Å². The molecule has 3 atom stereocenters. The molecule has 0 saturated heterocycles. The van der Waals surface area contributed by atoms with Crippen molar-refractivity contribution >= 4 is 5.57 Å². The number of nitrogens with zero attached hydrogens (tertiary/aromatic N) is 2. The molecule has 1 spiro atoms. The van der Waals surface area contributed by atoms with Crippen molar-refractivity contribution < 1.29 is 27.4 Å². The molecule has 4 nitrogen and oxygen atoms in total. The lowest BCUT2D eigenvalue weighted by Gasteiger charge is -2.32. The summed E-state index contributed by atoms with van der Waals surface area (Å²) < 4.78 is 61.7. The summed E-state index contributed by atoms with van der Waals surface area (Å²) in [5, 5.41) is 10.1. The Bertz CT molecular complexity index is 1280. The standard InChI is InChI=1S/C28H28F4N2O2/c1-17(2)23-8-7-22(34-12-11-33-26(34)28(30,31)32)13-24(23)20-14-27(36-16-20)10-9-19(15-35)25(27)18-3-5-21(29)6-4-18/h3-8,11-14,17,19,25,35H,9-10,15-16H2,1-2H3/t19?,25?,27-/m1/s1. The number of aliphatic hydroxyl groups excluding tert-OH is 1. The molecule has 8 heteroatoms. The SMILES string of the molecule is CC(C)c1ccc(-n2ccnc2C(F)(F)F)cc1C1=C[C@@]2(CCC(CO)C2c2ccc(F)cc2)OC1. The summed E-state index contributed by atoms with van der Waals surface area (Å²) in [6.45, 7) is 4.38. The summed E-state index contributed by atoms with van der Waals surface area (Å²) in [4.78, 5) is 3.52. The quantitative estimate of drug-likeness (QED) is 0.407. The van der Waals surface area contributed by atoms with Gasteiger partial charge in [0.2, 0.25) is 5.82 Å². The molecule has 1 N–H and O–H groups in total. The van der Waals surface area contributed by atoms with E-state index >= 15 is 0 Å². The van der Waals surface area contributed by atoms with Crippen LogP contribution in [0, 0.1) is 11.7 Å². The van der Waals surface area contributed by atoms with Crippen molar-refractivity contribution in [1.82, 2.24) is 9.55 Å². The van der Waals surface area contributed by atoms with Crippen LogP contribution in [0.2, 0.25) is 0 Å². The first-order valence-corrected chi connectivity index (χ1v) is 12.1. The number of hydrogen-bond donors (Lipinski definition) is 1. The van der Waals surface area contributed by atoms with Crippen LogP contribution in [0.3, 0.4) is 0 Å². The van der Waals surface area contributed by atoms with Gasteiger partial charge in [0.15, 0.2) is 0 Å². The van der Waals surface area contributed by atoms with Crippen LogP contribution >= 0.6 is 0 Å². The molecule has 1 aliphatic carbocycles. The maximum Gasteiger partial charge on any atom is 0.450 e. The first-order chi connectivity index (χ1) is 17.1. The van der Waals surface area contributed by atoms with E-state index in [0.29, 0.717) is 18.7 Å². The zero-order chi connectivity index (χ0) is 25.7. The smallest absolute Gasteiger partial charge is 0.396 e. The van der Waals surface area contributed by atoms with Crippen LogP contribution in [-0.2, 0) is 10.9 Å². The molecule has 2 aromatic carbocycles. The zero-order valence-corrected chi connectivity index (χ0v) is 20.1. The third-order valence-electron chi connectivity index (χ3n) is 7.46. The number of alkyl halides is 3. The Balaban J connectivity index is 1.59. The minimum atomic E-state index is -4.58. The number of benzene rings is 2. The highest BCUT2D eigenvalue weighted by Crippen LogP contribution is 2.53. The Labute approximate surface area is 207 Å². The number of aromatic nitrogens is 2. The van der Waals surface area contributed by atoms with Crippen LogP contribution in [0.1, 0.15) is 61.0 Å². The average Bonchev–Trinajstić information content (AvgIpc) is 3.58. The predicted molar refractivity (Wildman–Crippen MR) is 128 cm³/mol. The minimum Gasteiger partial charge on any atom is -0.396 e. The largest absolute Gasteiger partial charge is 0.450 e. The van der Waals surface area contributed by atoms with Crippen LogP contribution in [0.5, 0.6) is 0 Å². The normalized spacial score (nSPS) is 24.2. The second kappa shape index (κ2) is 9.16. The number of halogens is 4. The van der Waals surface area contributed by atoms with E-state index < -0.39 is 17.6 Å². The third kappa shape index (κ3) is 4.26. The Morgan fingerprint density at radius 1 is 1.17 bits per heavy atom. The van der Waals surface area contributed by atoms with Crippen molar-refractivity contribution in [3.63, 3.8) is 0 Å². The van der Waals surface area contributed by atoms with Crippen molar-refractivity contribution in [3.05, 3.63) is 89.3 Å². The topological polar surface area (TPSA) is 47.3 Å². The van der Waals surface area contributed by atoms with E-state index in [2.05, 4.69) is 11.1 Å². The zero-order valence-electron chi connectivity index (χ0n) is 20.1. The molecular weight excluding hydrogens is 472 g/mol. The molecule has 190 valence electrons. The fourth-order valence-electron chi connectivity index (χ4n) is 5.82. The van der Waals surface area contributed by atoms with E-state index in [1.165, 1.54) is 18.3 Å². The lowest BCUT2D eigenvalue weighted by atomic mass is 9.79. The van der Waals surface area contributed by atoms with Crippen molar-refractivity contribution in [2.24, 2.45) is 5.92 Å². The molecule has 36 heavy (non-hydrogen) atoms. The first-order valence-electron chi connectivity index (χ1n) is 12.1. The van der Waals surface area contributed by atoms with Crippen LogP contribution in [0.25, 0.3) is 11.3 Å². The van der Waals surface area contributed by atoms with Gasteiger partial charge >= 0.3 is 6.18 Å². The summed E-state index contributed by atoms with van der Waals surface area (Å²) in [6.07, 6.45) is 1.41. The molecule has 2 heterocycles. The number of aliphatic hydroxyl groups is 1. The Hall–Kier alpha value is -2.97. The number of ether oxygens (including phenoxy) is 1. The summed E-state index contributed by atoms with van der Waals surface area (Å²) >= 11 is 0. The monoisotopic (exact) mass is 500 g/mol. The van der Waals surface area contributed by atoms with Gasteiger partial charge < -0.3 is 9.84 Å². The molecule has 2 aliphatic rings. The van der Waals surface area contributed by atoms with Crippen LogP contribution < -0.4 is 0 Å². The number of rotatable bonds is 5. The highest BCUT2D eigenvalue weighted by molar-refractivity contribution is 5.74. The molecule has 2 unspecified atom stereocenters. The maximum absolute atomic E-state index is 13.6. The summed E-state index contributed by atoms with van der Waals surface area (Å²) in [7, 11) is 0. The highest BCUT2D eigenvalue weighted by atomic mass is 19.4. The van der Waals surface area contributed by atoms with E-state index in [1.54, 1.807) is 24.3 Å². The van der Waals surface area contributed by atoms with Gasteiger partial charge in [-0.15, -0.1) is 0 Å². The van der Waals surface area contributed by atoms with E-state index in [-0.39, 0.29) is 30.2 Å². The lowest BCUT2D eigenvalue weighted by molar-refractivity contribution is -0.145. The molecule has 3 aromatic rings. The Morgan fingerprint density at radius 3 is 2.58 bits per heavy atom. The summed E-state index contributed by atoms with van der Waals surface area (Å²) in [6, 6.07) is 11.6. The van der Waals surface area contributed by atoms with Crippen molar-refractivity contribution in [2.45, 2.75) is 50.3 Å². The molecule has 1 fully saturated rings. The average molecular weight is 501 g/mol. The molecule has 1 aliphatic heterocycles. The first kappa shape index (κ1) is 24.7. The Kier molecular flexibility index (Phi) is 6.29. The third-order valence-corrected chi connectivity index (χ3v) is 7.46. The second-order valence-corrected chi connectivity index (χ2v) is 9.97. The highest BCUT2D eigenvalue weighted by Gasteiger charge is 2.51. The van der Waals surface area contributed by atoms with Gasteiger partial charge in [0, 0.05) is 30.6 Å². The van der Waals surface area contributed by atoms with Crippen molar-refractivity contribution in [1.29, 1.82) is 0 Å². The molecule has 1 saturated carbocycles. The summed E-state index contributed by atoms with van der Waals surface area (Å²) in [5.74, 6) is -1.36. The van der Waals surface area contributed by atoms with Gasteiger partial charge in [-0.3, -0.25) is 4.57 Å². The summed E-state index contributed by atoms with van der Waals surface area (Å²) in [5.41, 5.74) is 3.35. The fraction of sp³-hybridized carbons (Fsp3) is 0.393. The molecule has 0 amide bonds. The van der Waals surface area contributed by atoms with Gasteiger partial charge in [0.1, 0.15) is 5.82 Å². The molecule has 0 bridgehead atoms. The van der Waals surface area contributed by atoms with Gasteiger partial charge in [-0.1, -0.05) is 32.0 Å². The van der Waals surface area contributed by atoms with Crippen molar-refractivity contribution in [3.8, 4) is 5.69 Å². The van der Waals surface area contributed by atoms with Gasteiger partial charge in [-0.25, -0.2) is 9.37 Å². The van der Waals surface area contributed by atoms with E-state index in [1.807, 2.05) is 19.9 Å². The lowest BCUT2D eigenvalue weighted by Crippen LogP contribution is -2.33. The van der Waals surface area contributed by atoms with Gasteiger partial charge in [0.05, 0.1) is 12.2 Å². The van der Waals surface area contributed by atoms with Gasteiger partial charge in [-0.05, 0) is 77.3 Å². The minimum absolute atomic E-state index is 0.0100. The van der Waals surface area contributed by atoms with E-state index in [9.17, 15) is 22.7 Å². The molecule has 5 rings (SSSR count). The molecule has 1 aromatic heterocycles. The van der Waals surface area contributed by atoms with Gasteiger partial charge in [0.25, 0.3) is 0 Å². The number of imidazole rings is 1. The van der Waals surface area contributed by atoms with Crippen LogP contribution in [-0.4, -0.2) is 33.5 Å². The second-order valence-electron chi connectivity index (χ2n) is 9.97. The number of hydrogen-bond acceptors (Lipinski definition) is 3. The van der Waals surface area contributed by atoms with Crippen molar-refractivity contribution in [2.75, 3.05) is 13.2 Å². The van der Waals surface area contributed by atoms with E-state index in [4.69, 9.17) is 4.74 Å². The van der Waals surface area contributed by atoms with Gasteiger partial charge in [-0.2, -0.15) is 13.2 Å². The maximum atomic E-state index is 13.6. The Morgan fingerprint density at radius 2 is 1.92 bits per heavy atom. The van der Waals surface area contributed by atoms with Crippen LogP contribution in [0.15, 0.2) is 60.9 Å². The predicted octanol–water partition coefficient (Wildman–Crippen LogP) is 6.49. The fourth-order valence-corrected chi connectivity index (χ4v) is 5.82. The van der Waals surface area contributed by atoms with E-state index in [0.717, 1.165) is 39.4 Å².